The monoisotopic (exact) mass is 310 g/mol. The Bertz CT molecular complexity index is 258. The Kier molecular flexibility index (Phi) is 17.6. The summed E-state index contributed by atoms with van der Waals surface area (Å²) in [4.78, 5) is 10.6. The fourth-order valence-corrected chi connectivity index (χ4v) is 2.57. The molecular weight excluding hydrogens is 272 g/mol. The number of unbranched alkanes of at least 4 members (excludes halogenated alkanes) is 12. The molecule has 0 unspecified atom stereocenters. The van der Waals surface area contributed by atoms with E-state index in [2.05, 4.69) is 19.1 Å². The van der Waals surface area contributed by atoms with Crippen LogP contribution in [0.25, 0.3) is 0 Å². The molecular formula is C20H38O2. The maximum absolute atomic E-state index is 10.6. The molecule has 0 fully saturated rings. The second-order valence-corrected chi connectivity index (χ2v) is 6.28. The summed E-state index contributed by atoms with van der Waals surface area (Å²) in [6.45, 7) is 4.31. The van der Waals surface area contributed by atoms with Gasteiger partial charge in [0.25, 0.3) is 0 Å². The quantitative estimate of drug-likeness (QED) is 0.183. The molecule has 0 aromatic rings. The van der Waals surface area contributed by atoms with Crippen LogP contribution in [0.4, 0.5) is 0 Å². The Morgan fingerprint density at radius 1 is 0.727 bits per heavy atom. The number of hydrogen-bond donors (Lipinski definition) is 0. The zero-order valence-corrected chi connectivity index (χ0v) is 15.1. The molecule has 130 valence electrons. The molecule has 0 heterocycles. The standard InChI is InChI=1S/C20H38O2/c1-3-4-5-6-7-8-9-10-11-12-13-14-15-16-17-18-19-22-20(2)21/h14-15H,3-13,16-19H2,1-2H3/b15-14+. The van der Waals surface area contributed by atoms with E-state index in [9.17, 15) is 4.79 Å². The second kappa shape index (κ2) is 18.3. The molecule has 0 N–H and O–H groups in total. The highest BCUT2D eigenvalue weighted by molar-refractivity contribution is 5.65. The van der Waals surface area contributed by atoms with Gasteiger partial charge in [-0.3, -0.25) is 4.79 Å². The van der Waals surface area contributed by atoms with Crippen LogP contribution in [0.15, 0.2) is 12.2 Å². The van der Waals surface area contributed by atoms with Crippen molar-refractivity contribution in [3.05, 3.63) is 12.2 Å². The summed E-state index contributed by atoms with van der Waals surface area (Å²) in [7, 11) is 0. The van der Waals surface area contributed by atoms with Crippen molar-refractivity contribution in [2.24, 2.45) is 0 Å². The summed E-state index contributed by atoms with van der Waals surface area (Å²) in [5.74, 6) is -0.170. The molecule has 22 heavy (non-hydrogen) atoms. The predicted octanol–water partition coefficient (Wildman–Crippen LogP) is 6.59. The van der Waals surface area contributed by atoms with Crippen LogP contribution in [0, 0.1) is 0 Å². The summed E-state index contributed by atoms with van der Waals surface area (Å²) in [6.07, 6.45) is 23.1. The van der Waals surface area contributed by atoms with Crippen LogP contribution in [0.5, 0.6) is 0 Å². The number of carbonyl (C=O) groups is 1. The molecule has 0 bridgehead atoms. The van der Waals surface area contributed by atoms with Gasteiger partial charge in [-0.25, -0.2) is 0 Å². The van der Waals surface area contributed by atoms with E-state index in [-0.39, 0.29) is 5.97 Å². The lowest BCUT2D eigenvalue weighted by molar-refractivity contribution is -0.141. The SMILES string of the molecule is CCCCCCCCCCCC/C=C/CCCCOC(C)=O. The third kappa shape index (κ3) is 19.2. The molecule has 0 aliphatic carbocycles. The van der Waals surface area contributed by atoms with E-state index in [1.807, 2.05) is 0 Å². The molecule has 0 aliphatic heterocycles. The van der Waals surface area contributed by atoms with Gasteiger partial charge in [-0.05, 0) is 32.1 Å². The number of ether oxygens (including phenoxy) is 1. The van der Waals surface area contributed by atoms with Crippen LogP contribution in [-0.2, 0) is 9.53 Å². The van der Waals surface area contributed by atoms with Gasteiger partial charge in [0.2, 0.25) is 0 Å². The van der Waals surface area contributed by atoms with Crippen LogP contribution in [0.2, 0.25) is 0 Å². The van der Waals surface area contributed by atoms with Crippen LogP contribution in [0.3, 0.4) is 0 Å². The first-order chi connectivity index (χ1) is 10.8. The molecule has 0 atom stereocenters. The molecule has 0 aromatic heterocycles. The highest BCUT2D eigenvalue weighted by Crippen LogP contribution is 2.11. The van der Waals surface area contributed by atoms with Crippen molar-refractivity contribution in [1.82, 2.24) is 0 Å². The van der Waals surface area contributed by atoms with E-state index in [1.165, 1.54) is 77.6 Å². The summed E-state index contributed by atoms with van der Waals surface area (Å²) >= 11 is 0. The average molecular weight is 311 g/mol. The van der Waals surface area contributed by atoms with E-state index in [4.69, 9.17) is 4.74 Å². The number of esters is 1. The Hall–Kier alpha value is -0.790. The largest absolute Gasteiger partial charge is 0.466 e. The molecule has 2 heteroatoms. The Labute approximate surface area is 138 Å². The molecule has 0 rings (SSSR count). The lowest BCUT2D eigenvalue weighted by Gasteiger charge is -2.01. The summed E-state index contributed by atoms with van der Waals surface area (Å²) in [6, 6.07) is 0. The van der Waals surface area contributed by atoms with Gasteiger partial charge in [0.05, 0.1) is 6.61 Å². The molecule has 0 radical (unpaired) electrons. The fraction of sp³-hybridized carbons (Fsp3) is 0.850. The van der Waals surface area contributed by atoms with E-state index < -0.39 is 0 Å². The Morgan fingerprint density at radius 3 is 1.68 bits per heavy atom. The zero-order valence-electron chi connectivity index (χ0n) is 15.1. The number of carbonyl (C=O) groups excluding carboxylic acids is 1. The first kappa shape index (κ1) is 21.2. The van der Waals surface area contributed by atoms with Gasteiger partial charge in [0.15, 0.2) is 0 Å². The maximum atomic E-state index is 10.6. The molecule has 0 spiro atoms. The van der Waals surface area contributed by atoms with E-state index in [0.717, 1.165) is 19.3 Å². The van der Waals surface area contributed by atoms with Crippen molar-refractivity contribution in [2.45, 2.75) is 104 Å². The topological polar surface area (TPSA) is 26.3 Å². The molecule has 0 saturated carbocycles. The van der Waals surface area contributed by atoms with E-state index >= 15 is 0 Å². The van der Waals surface area contributed by atoms with Crippen molar-refractivity contribution in [3.8, 4) is 0 Å². The van der Waals surface area contributed by atoms with Crippen LogP contribution in [0.1, 0.15) is 104 Å². The predicted molar refractivity (Wildman–Crippen MR) is 96.1 cm³/mol. The zero-order chi connectivity index (χ0) is 16.3. The molecule has 0 aromatic carbocycles. The highest BCUT2D eigenvalue weighted by atomic mass is 16.5. The lowest BCUT2D eigenvalue weighted by Crippen LogP contribution is -1.99. The molecule has 0 aliphatic rings. The highest BCUT2D eigenvalue weighted by Gasteiger charge is 1.93. The molecule has 0 saturated heterocycles. The van der Waals surface area contributed by atoms with Crippen molar-refractivity contribution >= 4 is 5.97 Å². The first-order valence-electron chi connectivity index (χ1n) is 9.55. The van der Waals surface area contributed by atoms with Crippen molar-refractivity contribution in [2.75, 3.05) is 6.61 Å². The van der Waals surface area contributed by atoms with Gasteiger partial charge in [-0.1, -0.05) is 76.9 Å². The van der Waals surface area contributed by atoms with Gasteiger partial charge in [0.1, 0.15) is 0 Å². The van der Waals surface area contributed by atoms with E-state index in [0.29, 0.717) is 6.61 Å². The van der Waals surface area contributed by atoms with Gasteiger partial charge in [-0.2, -0.15) is 0 Å². The summed E-state index contributed by atoms with van der Waals surface area (Å²) in [5, 5.41) is 0. The molecule has 0 amide bonds. The third-order valence-electron chi connectivity index (χ3n) is 3.96. The minimum Gasteiger partial charge on any atom is -0.466 e. The van der Waals surface area contributed by atoms with Crippen LogP contribution < -0.4 is 0 Å². The maximum Gasteiger partial charge on any atom is 0.302 e. The first-order valence-corrected chi connectivity index (χ1v) is 9.55. The Balaban J connectivity index is 3.06. The minimum absolute atomic E-state index is 0.170. The van der Waals surface area contributed by atoms with Gasteiger partial charge in [-0.15, -0.1) is 0 Å². The Morgan fingerprint density at radius 2 is 1.18 bits per heavy atom. The summed E-state index contributed by atoms with van der Waals surface area (Å²) in [5.41, 5.74) is 0. The summed E-state index contributed by atoms with van der Waals surface area (Å²) < 4.78 is 4.90. The van der Waals surface area contributed by atoms with Crippen LogP contribution >= 0.6 is 0 Å². The normalized spacial score (nSPS) is 11.2. The van der Waals surface area contributed by atoms with Gasteiger partial charge in [0, 0.05) is 6.92 Å². The lowest BCUT2D eigenvalue weighted by atomic mass is 10.1. The van der Waals surface area contributed by atoms with E-state index in [1.54, 1.807) is 0 Å². The molecule has 2 nitrogen and oxygen atoms in total. The smallest absolute Gasteiger partial charge is 0.302 e. The third-order valence-corrected chi connectivity index (χ3v) is 3.96. The van der Waals surface area contributed by atoms with Gasteiger partial charge >= 0.3 is 5.97 Å². The van der Waals surface area contributed by atoms with Gasteiger partial charge < -0.3 is 4.74 Å². The van der Waals surface area contributed by atoms with Crippen molar-refractivity contribution < 1.29 is 9.53 Å². The average Bonchev–Trinajstić information content (AvgIpc) is 2.50. The second-order valence-electron chi connectivity index (χ2n) is 6.28. The minimum atomic E-state index is -0.170. The van der Waals surface area contributed by atoms with Crippen molar-refractivity contribution in [3.63, 3.8) is 0 Å². The van der Waals surface area contributed by atoms with Crippen molar-refractivity contribution in [1.29, 1.82) is 0 Å². The number of rotatable bonds is 16. The number of allylic oxidation sites excluding steroid dienone is 2. The number of hydrogen-bond acceptors (Lipinski definition) is 2. The van der Waals surface area contributed by atoms with Crippen LogP contribution in [-0.4, -0.2) is 12.6 Å². The fourth-order valence-electron chi connectivity index (χ4n) is 2.57.